The van der Waals surface area contributed by atoms with Crippen LogP contribution in [-0.2, 0) is 19.1 Å². The zero-order valence-corrected chi connectivity index (χ0v) is 14.3. The Morgan fingerprint density at radius 3 is 2.09 bits per heavy atom. The summed E-state index contributed by atoms with van der Waals surface area (Å²) in [7, 11) is 2.60. The smallest absolute Gasteiger partial charge is 0.309 e. The number of rotatable bonds is 8. The van der Waals surface area contributed by atoms with Crippen LogP contribution in [0.15, 0.2) is 24.3 Å². The van der Waals surface area contributed by atoms with Gasteiger partial charge in [-0.1, -0.05) is 18.5 Å². The van der Waals surface area contributed by atoms with Crippen molar-refractivity contribution in [2.75, 3.05) is 14.2 Å². The highest BCUT2D eigenvalue weighted by molar-refractivity contribution is 6.30. The first-order chi connectivity index (χ1) is 10.9. The Kier molecular flexibility index (Phi) is 7.75. The molecule has 0 heterocycles. The molecule has 126 valence electrons. The van der Waals surface area contributed by atoms with E-state index in [1.807, 2.05) is 0 Å². The van der Waals surface area contributed by atoms with E-state index in [0.717, 1.165) is 0 Å². The van der Waals surface area contributed by atoms with E-state index >= 15 is 0 Å². The van der Waals surface area contributed by atoms with E-state index < -0.39 is 11.9 Å². The Hall–Kier alpha value is -1.88. The standard InChI is InChI=1S/C17H21ClO5/c1-11(16(20)22-2)4-5-13(17(21)23-3)10-15(19)12-6-8-14(18)9-7-12/h6-9,11,13H,4-5,10H2,1-3H3. The number of ketones is 1. The van der Waals surface area contributed by atoms with Crippen LogP contribution in [-0.4, -0.2) is 31.9 Å². The fraction of sp³-hybridized carbons (Fsp3) is 0.471. The fourth-order valence-electron chi connectivity index (χ4n) is 2.22. The topological polar surface area (TPSA) is 69.7 Å². The van der Waals surface area contributed by atoms with Gasteiger partial charge in [-0.2, -0.15) is 0 Å². The Morgan fingerprint density at radius 1 is 1.00 bits per heavy atom. The molecule has 2 unspecified atom stereocenters. The maximum absolute atomic E-state index is 12.3. The molecule has 0 saturated heterocycles. The van der Waals surface area contributed by atoms with Crippen LogP contribution in [0.1, 0.15) is 36.5 Å². The van der Waals surface area contributed by atoms with Crippen LogP contribution in [0.4, 0.5) is 0 Å². The molecular weight excluding hydrogens is 320 g/mol. The van der Waals surface area contributed by atoms with Crippen molar-refractivity contribution in [3.05, 3.63) is 34.9 Å². The van der Waals surface area contributed by atoms with Crippen LogP contribution < -0.4 is 0 Å². The number of halogens is 1. The molecule has 2 atom stereocenters. The molecule has 1 aromatic carbocycles. The lowest BCUT2D eigenvalue weighted by molar-refractivity contribution is -0.148. The molecule has 6 heteroatoms. The molecule has 23 heavy (non-hydrogen) atoms. The van der Waals surface area contributed by atoms with Crippen LogP contribution in [0.2, 0.25) is 5.02 Å². The van der Waals surface area contributed by atoms with E-state index in [2.05, 4.69) is 4.74 Å². The lowest BCUT2D eigenvalue weighted by atomic mass is 9.91. The van der Waals surface area contributed by atoms with Gasteiger partial charge in [0.1, 0.15) is 0 Å². The molecule has 1 rings (SSSR count). The summed E-state index contributed by atoms with van der Waals surface area (Å²) in [5, 5.41) is 0.540. The minimum absolute atomic E-state index is 0.0300. The molecule has 0 spiro atoms. The number of ether oxygens (including phenoxy) is 2. The van der Waals surface area contributed by atoms with Crippen molar-refractivity contribution in [3.63, 3.8) is 0 Å². The van der Waals surface area contributed by atoms with E-state index in [1.165, 1.54) is 14.2 Å². The Bertz CT molecular complexity index is 553. The van der Waals surface area contributed by atoms with Gasteiger partial charge >= 0.3 is 11.9 Å². The molecule has 0 fully saturated rings. The van der Waals surface area contributed by atoms with Crippen molar-refractivity contribution in [1.82, 2.24) is 0 Å². The van der Waals surface area contributed by atoms with Gasteiger partial charge in [-0.25, -0.2) is 0 Å². The molecule has 0 saturated carbocycles. The van der Waals surface area contributed by atoms with Crippen molar-refractivity contribution in [1.29, 1.82) is 0 Å². The van der Waals surface area contributed by atoms with Gasteiger partial charge in [0, 0.05) is 17.0 Å². The molecular formula is C17H21ClO5. The molecule has 0 aliphatic rings. The summed E-state index contributed by atoms with van der Waals surface area (Å²) in [6.07, 6.45) is 0.852. The first kappa shape index (κ1) is 19.2. The van der Waals surface area contributed by atoms with Crippen LogP contribution in [0, 0.1) is 11.8 Å². The van der Waals surface area contributed by atoms with Crippen molar-refractivity contribution in [2.24, 2.45) is 11.8 Å². The van der Waals surface area contributed by atoms with Crippen molar-refractivity contribution in [3.8, 4) is 0 Å². The Morgan fingerprint density at radius 2 is 1.57 bits per heavy atom. The second-order valence-electron chi connectivity index (χ2n) is 5.36. The lowest BCUT2D eigenvalue weighted by Crippen LogP contribution is -2.22. The molecule has 0 bridgehead atoms. The summed E-state index contributed by atoms with van der Waals surface area (Å²) < 4.78 is 9.42. The molecule has 0 aliphatic heterocycles. The number of hydrogen-bond donors (Lipinski definition) is 0. The summed E-state index contributed by atoms with van der Waals surface area (Å²) in [5.74, 6) is -1.88. The second kappa shape index (κ2) is 9.30. The average Bonchev–Trinajstić information content (AvgIpc) is 2.57. The highest BCUT2D eigenvalue weighted by atomic mass is 35.5. The first-order valence-corrected chi connectivity index (χ1v) is 7.71. The monoisotopic (exact) mass is 340 g/mol. The van der Waals surface area contributed by atoms with E-state index in [4.69, 9.17) is 16.3 Å². The summed E-state index contributed by atoms with van der Waals surface area (Å²) in [5.41, 5.74) is 0.490. The first-order valence-electron chi connectivity index (χ1n) is 7.33. The number of carbonyl (C=O) groups excluding carboxylic acids is 3. The zero-order chi connectivity index (χ0) is 17.4. The minimum atomic E-state index is -0.588. The largest absolute Gasteiger partial charge is 0.469 e. The van der Waals surface area contributed by atoms with Gasteiger partial charge in [0.05, 0.1) is 26.1 Å². The third-order valence-electron chi connectivity index (χ3n) is 3.68. The van der Waals surface area contributed by atoms with Crippen LogP contribution in [0.25, 0.3) is 0 Å². The van der Waals surface area contributed by atoms with E-state index in [9.17, 15) is 14.4 Å². The van der Waals surface area contributed by atoms with Crippen molar-refractivity contribution < 1.29 is 23.9 Å². The maximum atomic E-state index is 12.3. The molecule has 5 nitrogen and oxygen atoms in total. The number of methoxy groups -OCH3 is 2. The predicted octanol–water partition coefficient (Wildman–Crippen LogP) is 3.29. The van der Waals surface area contributed by atoms with Gasteiger partial charge < -0.3 is 9.47 Å². The van der Waals surface area contributed by atoms with E-state index in [1.54, 1.807) is 31.2 Å². The third-order valence-corrected chi connectivity index (χ3v) is 3.94. The number of hydrogen-bond acceptors (Lipinski definition) is 5. The Balaban J connectivity index is 2.71. The summed E-state index contributed by atoms with van der Waals surface area (Å²) >= 11 is 5.79. The van der Waals surface area contributed by atoms with Gasteiger partial charge in [0.25, 0.3) is 0 Å². The van der Waals surface area contributed by atoms with Crippen molar-refractivity contribution >= 4 is 29.3 Å². The van der Waals surface area contributed by atoms with Gasteiger partial charge in [0.2, 0.25) is 0 Å². The molecule has 0 aromatic heterocycles. The maximum Gasteiger partial charge on any atom is 0.309 e. The summed E-state index contributed by atoms with van der Waals surface area (Å²) in [4.78, 5) is 35.6. The number of benzene rings is 1. The van der Waals surface area contributed by atoms with E-state index in [0.29, 0.717) is 23.4 Å². The highest BCUT2D eigenvalue weighted by Gasteiger charge is 2.25. The molecule has 0 amide bonds. The number of carbonyl (C=O) groups is 3. The number of esters is 2. The molecule has 0 N–H and O–H groups in total. The van der Waals surface area contributed by atoms with Gasteiger partial charge in [-0.3, -0.25) is 14.4 Å². The lowest BCUT2D eigenvalue weighted by Gasteiger charge is -2.16. The average molecular weight is 341 g/mol. The summed E-state index contributed by atoms with van der Waals surface area (Å²) in [6.45, 7) is 1.72. The quantitative estimate of drug-likeness (QED) is 0.536. The Labute approximate surface area is 140 Å². The van der Waals surface area contributed by atoms with Gasteiger partial charge in [-0.15, -0.1) is 0 Å². The van der Waals surface area contributed by atoms with Crippen LogP contribution in [0.3, 0.4) is 0 Å². The van der Waals surface area contributed by atoms with Gasteiger partial charge in [0.15, 0.2) is 5.78 Å². The zero-order valence-electron chi connectivity index (χ0n) is 13.5. The van der Waals surface area contributed by atoms with Gasteiger partial charge in [-0.05, 0) is 37.1 Å². The second-order valence-corrected chi connectivity index (χ2v) is 5.79. The molecule has 0 radical (unpaired) electrons. The molecule has 1 aromatic rings. The fourth-order valence-corrected chi connectivity index (χ4v) is 2.34. The van der Waals surface area contributed by atoms with Crippen molar-refractivity contribution in [2.45, 2.75) is 26.2 Å². The highest BCUT2D eigenvalue weighted by Crippen LogP contribution is 2.21. The summed E-state index contributed by atoms with van der Waals surface area (Å²) in [6, 6.07) is 6.49. The van der Waals surface area contributed by atoms with Crippen LogP contribution >= 0.6 is 11.6 Å². The van der Waals surface area contributed by atoms with Crippen LogP contribution in [0.5, 0.6) is 0 Å². The molecule has 0 aliphatic carbocycles. The third kappa shape index (κ3) is 6.02. The SMILES string of the molecule is COC(=O)C(C)CCC(CC(=O)c1ccc(Cl)cc1)C(=O)OC. The van der Waals surface area contributed by atoms with E-state index in [-0.39, 0.29) is 24.1 Å². The predicted molar refractivity (Wildman–Crippen MR) is 86.3 cm³/mol. The normalized spacial score (nSPS) is 13.0. The number of Topliss-reactive ketones (excluding diaryl/α,β-unsaturated/α-hetero) is 1. The minimum Gasteiger partial charge on any atom is -0.469 e.